The fraction of sp³-hybridized carbons (Fsp3) is 0.450. The molecule has 144 valence electrons. The number of hydrogen-bond donors (Lipinski definition) is 2. The topological polar surface area (TPSA) is 64.6 Å². The molecule has 0 fully saturated rings. The van der Waals surface area contributed by atoms with Gasteiger partial charge in [-0.1, -0.05) is 0 Å². The van der Waals surface area contributed by atoms with Crippen LogP contribution in [-0.2, 0) is 16.9 Å². The van der Waals surface area contributed by atoms with Crippen molar-refractivity contribution in [1.29, 1.82) is 0 Å². The first-order valence-corrected chi connectivity index (χ1v) is 10.3. The van der Waals surface area contributed by atoms with Crippen LogP contribution in [0.15, 0.2) is 24.4 Å². The number of hydrogen-bond acceptors (Lipinski definition) is 7. The van der Waals surface area contributed by atoms with Crippen molar-refractivity contribution in [2.45, 2.75) is 31.0 Å². The highest BCUT2D eigenvalue weighted by Gasteiger charge is 2.24. The molecule has 1 unspecified atom stereocenters. The van der Waals surface area contributed by atoms with Crippen molar-refractivity contribution < 1.29 is 14.2 Å². The van der Waals surface area contributed by atoms with Crippen LogP contribution in [0.1, 0.15) is 23.2 Å². The third-order valence-electron chi connectivity index (χ3n) is 4.80. The Morgan fingerprint density at radius 3 is 2.96 bits per heavy atom. The lowest BCUT2D eigenvalue weighted by Crippen LogP contribution is -2.18. The van der Waals surface area contributed by atoms with Gasteiger partial charge in [-0.15, -0.1) is 11.8 Å². The van der Waals surface area contributed by atoms with Crippen LogP contribution in [0.2, 0.25) is 0 Å². The van der Waals surface area contributed by atoms with E-state index in [4.69, 9.17) is 14.2 Å². The average molecular weight is 388 g/mol. The smallest absolute Gasteiger partial charge is 0.146 e. The average Bonchev–Trinajstić information content (AvgIpc) is 3.28. The fourth-order valence-corrected chi connectivity index (χ4v) is 4.31. The second-order valence-electron chi connectivity index (χ2n) is 6.66. The van der Waals surface area contributed by atoms with E-state index >= 15 is 0 Å². The minimum Gasteiger partial charge on any atom is -0.493 e. The molecule has 2 N–H and O–H groups in total. The van der Waals surface area contributed by atoms with Crippen LogP contribution in [0.5, 0.6) is 11.5 Å². The lowest BCUT2D eigenvalue weighted by molar-refractivity contribution is 0.172. The number of pyridine rings is 1. The summed E-state index contributed by atoms with van der Waals surface area (Å²) < 4.78 is 16.6. The van der Waals surface area contributed by atoms with Crippen LogP contribution in [0.25, 0.3) is 0 Å². The Kier molecular flexibility index (Phi) is 5.59. The number of ether oxygens (including phenoxy) is 3. The number of nitrogens with zero attached hydrogens (tertiary/aromatic N) is 1. The van der Waals surface area contributed by atoms with Gasteiger partial charge in [0.2, 0.25) is 0 Å². The number of methoxy groups -OCH3 is 1. The van der Waals surface area contributed by atoms with Crippen LogP contribution < -0.4 is 20.1 Å². The SMILES string of the molecule is COCCCOc1ccnc(CSC2Nc3cc4c(cc3N2)OCC4)c1C. The van der Waals surface area contributed by atoms with Crippen LogP contribution in [0.3, 0.4) is 0 Å². The van der Waals surface area contributed by atoms with Crippen molar-refractivity contribution in [2.75, 3.05) is 37.6 Å². The maximum absolute atomic E-state index is 5.87. The van der Waals surface area contributed by atoms with E-state index in [1.54, 1.807) is 18.9 Å². The van der Waals surface area contributed by atoms with Crippen molar-refractivity contribution in [1.82, 2.24) is 4.98 Å². The van der Waals surface area contributed by atoms with Crippen molar-refractivity contribution >= 4 is 23.1 Å². The zero-order valence-electron chi connectivity index (χ0n) is 15.7. The fourth-order valence-electron chi connectivity index (χ4n) is 3.27. The second-order valence-corrected chi connectivity index (χ2v) is 7.75. The third-order valence-corrected chi connectivity index (χ3v) is 5.81. The first-order valence-electron chi connectivity index (χ1n) is 9.25. The number of thioether (sulfide) groups is 1. The zero-order valence-corrected chi connectivity index (χ0v) is 16.5. The van der Waals surface area contributed by atoms with Gasteiger partial charge >= 0.3 is 0 Å². The number of benzene rings is 1. The highest BCUT2D eigenvalue weighted by Crippen LogP contribution is 2.40. The standard InChI is InChI=1S/C20H25N3O3S/c1-13-17(21-6-4-18(13)25-8-3-7-24-2)12-27-20-22-15-10-14-5-9-26-19(14)11-16(15)23-20/h4,6,10-11,20,22-23H,3,5,7-9,12H2,1-2H3. The molecule has 1 aromatic heterocycles. The van der Waals surface area contributed by atoms with E-state index in [-0.39, 0.29) is 5.50 Å². The molecule has 0 aliphatic carbocycles. The molecule has 1 aromatic carbocycles. The molecule has 1 atom stereocenters. The van der Waals surface area contributed by atoms with E-state index in [0.717, 1.165) is 59.3 Å². The van der Waals surface area contributed by atoms with Crippen LogP contribution in [-0.4, -0.2) is 37.4 Å². The normalized spacial score (nSPS) is 16.9. The summed E-state index contributed by atoms with van der Waals surface area (Å²) >= 11 is 1.78. The predicted octanol–water partition coefficient (Wildman–Crippen LogP) is 3.79. The summed E-state index contributed by atoms with van der Waals surface area (Å²) in [6.07, 6.45) is 3.69. The molecule has 0 amide bonds. The minimum absolute atomic E-state index is 0.120. The lowest BCUT2D eigenvalue weighted by Gasteiger charge is -2.14. The summed E-state index contributed by atoms with van der Waals surface area (Å²) in [4.78, 5) is 4.54. The quantitative estimate of drug-likeness (QED) is 0.668. The van der Waals surface area contributed by atoms with Gasteiger partial charge in [-0.3, -0.25) is 4.98 Å². The maximum atomic E-state index is 5.87. The van der Waals surface area contributed by atoms with Crippen molar-refractivity contribution in [3.8, 4) is 11.5 Å². The van der Waals surface area contributed by atoms with Gasteiger partial charge < -0.3 is 24.8 Å². The monoisotopic (exact) mass is 387 g/mol. The van der Waals surface area contributed by atoms with Crippen molar-refractivity contribution in [3.05, 3.63) is 41.2 Å². The van der Waals surface area contributed by atoms with E-state index in [2.05, 4.69) is 34.7 Å². The Balaban J connectivity index is 1.34. The Bertz CT molecular complexity index is 782. The first kappa shape index (κ1) is 18.3. The molecule has 0 saturated heterocycles. The molecule has 27 heavy (non-hydrogen) atoms. The molecule has 3 heterocycles. The predicted molar refractivity (Wildman–Crippen MR) is 109 cm³/mol. The summed E-state index contributed by atoms with van der Waals surface area (Å²) in [5, 5.41) is 7.06. The summed E-state index contributed by atoms with van der Waals surface area (Å²) in [5.74, 6) is 2.71. The second kappa shape index (κ2) is 8.27. The minimum atomic E-state index is 0.120. The molecule has 0 saturated carbocycles. The molecule has 0 bridgehead atoms. The van der Waals surface area contributed by atoms with E-state index in [9.17, 15) is 0 Å². The molecule has 0 spiro atoms. The van der Waals surface area contributed by atoms with Crippen LogP contribution in [0, 0.1) is 6.92 Å². The van der Waals surface area contributed by atoms with Gasteiger partial charge in [0.15, 0.2) is 0 Å². The Morgan fingerprint density at radius 2 is 2.11 bits per heavy atom. The lowest BCUT2D eigenvalue weighted by atomic mass is 10.1. The Hall–Kier alpha value is -2.12. The zero-order chi connectivity index (χ0) is 18.6. The van der Waals surface area contributed by atoms with Gasteiger partial charge in [-0.25, -0.2) is 0 Å². The summed E-state index contributed by atoms with van der Waals surface area (Å²) in [7, 11) is 1.71. The highest BCUT2D eigenvalue weighted by atomic mass is 32.2. The maximum Gasteiger partial charge on any atom is 0.146 e. The summed E-state index contributed by atoms with van der Waals surface area (Å²) in [6, 6.07) is 6.23. The molecule has 2 aliphatic heterocycles. The molecule has 7 heteroatoms. The van der Waals surface area contributed by atoms with E-state index in [1.165, 1.54) is 5.56 Å². The van der Waals surface area contributed by atoms with Gasteiger partial charge in [0.25, 0.3) is 0 Å². The summed E-state index contributed by atoms with van der Waals surface area (Å²) in [5.41, 5.74) is 5.81. The Morgan fingerprint density at radius 1 is 1.26 bits per heavy atom. The number of rotatable bonds is 8. The number of anilines is 2. The van der Waals surface area contributed by atoms with E-state index in [0.29, 0.717) is 13.2 Å². The molecule has 2 aromatic rings. The van der Waals surface area contributed by atoms with Crippen LogP contribution in [0.4, 0.5) is 11.4 Å². The van der Waals surface area contributed by atoms with Gasteiger partial charge in [0, 0.05) is 50.1 Å². The molecular weight excluding hydrogens is 362 g/mol. The number of nitrogens with one attached hydrogen (secondary N) is 2. The molecule has 0 radical (unpaired) electrons. The van der Waals surface area contributed by atoms with Crippen LogP contribution >= 0.6 is 11.8 Å². The Labute approximate surface area is 164 Å². The van der Waals surface area contributed by atoms with Gasteiger partial charge in [-0.05, 0) is 24.6 Å². The van der Waals surface area contributed by atoms with Crippen molar-refractivity contribution in [2.24, 2.45) is 0 Å². The van der Waals surface area contributed by atoms with E-state index < -0.39 is 0 Å². The molecular formula is C20H25N3O3S. The molecule has 6 nitrogen and oxygen atoms in total. The van der Waals surface area contributed by atoms with E-state index in [1.807, 2.05) is 12.3 Å². The van der Waals surface area contributed by atoms with Gasteiger partial charge in [0.1, 0.15) is 17.0 Å². The number of aromatic nitrogens is 1. The summed E-state index contributed by atoms with van der Waals surface area (Å²) in [6.45, 7) is 4.21. The first-order chi connectivity index (χ1) is 13.2. The third kappa shape index (κ3) is 4.09. The van der Waals surface area contributed by atoms with Crippen molar-refractivity contribution in [3.63, 3.8) is 0 Å². The molecule has 2 aliphatic rings. The highest BCUT2D eigenvalue weighted by molar-refractivity contribution is 7.99. The largest absolute Gasteiger partial charge is 0.493 e. The molecule has 4 rings (SSSR count). The van der Waals surface area contributed by atoms with Gasteiger partial charge in [0.05, 0.1) is 30.3 Å². The van der Waals surface area contributed by atoms with Gasteiger partial charge in [-0.2, -0.15) is 0 Å². The number of fused-ring (bicyclic) bond motifs is 2.